The highest BCUT2D eigenvalue weighted by molar-refractivity contribution is 9.10. The van der Waals surface area contributed by atoms with Gasteiger partial charge in [0.25, 0.3) is 0 Å². The standard InChI is InChI=1S/C32H29BrN2O/c1-35(2)19-18-28(27-15-9-13-22-10-7-8-14-26(22)27)31(23-11-5-4-6-12-23)29-21-24-20-25(33)16-17-30(24)34-32(29)36-3/h4-18,20-21,31H,19H2,1-3H3/b28-18+/t31-/m0/s1. The smallest absolute Gasteiger partial charge is 0.217 e. The number of benzene rings is 4. The van der Waals surface area contributed by atoms with Gasteiger partial charge in [-0.05, 0) is 65.8 Å². The molecule has 0 saturated carbocycles. The number of allylic oxidation sites excluding steroid dienone is 1. The first-order valence-electron chi connectivity index (χ1n) is 12.1. The van der Waals surface area contributed by atoms with E-state index in [4.69, 9.17) is 9.72 Å². The van der Waals surface area contributed by atoms with Crippen LogP contribution in [-0.2, 0) is 0 Å². The van der Waals surface area contributed by atoms with Crippen LogP contribution in [0.1, 0.15) is 22.6 Å². The van der Waals surface area contributed by atoms with Gasteiger partial charge in [0.1, 0.15) is 0 Å². The van der Waals surface area contributed by atoms with Gasteiger partial charge in [-0.3, -0.25) is 0 Å². The zero-order chi connectivity index (χ0) is 25.1. The number of hydrogen-bond acceptors (Lipinski definition) is 3. The highest BCUT2D eigenvalue weighted by Gasteiger charge is 2.26. The highest BCUT2D eigenvalue weighted by atomic mass is 79.9. The van der Waals surface area contributed by atoms with E-state index in [0.717, 1.165) is 27.5 Å². The van der Waals surface area contributed by atoms with Crippen molar-refractivity contribution in [3.05, 3.63) is 124 Å². The number of fused-ring (bicyclic) bond motifs is 2. The van der Waals surface area contributed by atoms with Gasteiger partial charge in [-0.1, -0.05) is 94.8 Å². The van der Waals surface area contributed by atoms with Crippen molar-refractivity contribution in [3.63, 3.8) is 0 Å². The molecule has 1 aromatic heterocycles. The van der Waals surface area contributed by atoms with Crippen LogP contribution in [0, 0.1) is 0 Å². The second kappa shape index (κ2) is 10.7. The third kappa shape index (κ3) is 4.92. The minimum absolute atomic E-state index is 0.0669. The second-order valence-corrected chi connectivity index (χ2v) is 10.1. The van der Waals surface area contributed by atoms with Crippen molar-refractivity contribution in [1.29, 1.82) is 0 Å². The van der Waals surface area contributed by atoms with E-state index >= 15 is 0 Å². The lowest BCUT2D eigenvalue weighted by Crippen LogP contribution is -2.14. The van der Waals surface area contributed by atoms with Crippen LogP contribution in [0.3, 0.4) is 0 Å². The molecule has 1 atom stereocenters. The third-order valence-electron chi connectivity index (χ3n) is 6.49. The predicted octanol–water partition coefficient (Wildman–Crippen LogP) is 7.94. The van der Waals surface area contributed by atoms with Crippen LogP contribution in [0.4, 0.5) is 0 Å². The molecule has 4 heteroatoms. The van der Waals surface area contributed by atoms with Gasteiger partial charge in [0, 0.05) is 27.9 Å². The summed E-state index contributed by atoms with van der Waals surface area (Å²) in [6.45, 7) is 0.816. The molecule has 0 amide bonds. The molecule has 0 N–H and O–H groups in total. The molecule has 0 spiro atoms. The van der Waals surface area contributed by atoms with Crippen LogP contribution >= 0.6 is 15.9 Å². The van der Waals surface area contributed by atoms with Gasteiger partial charge >= 0.3 is 0 Å². The van der Waals surface area contributed by atoms with Crippen molar-refractivity contribution >= 4 is 43.2 Å². The van der Waals surface area contributed by atoms with Crippen LogP contribution in [-0.4, -0.2) is 37.6 Å². The predicted molar refractivity (Wildman–Crippen MR) is 155 cm³/mol. The molecular weight excluding hydrogens is 508 g/mol. The Morgan fingerprint density at radius 1 is 0.889 bits per heavy atom. The molecule has 5 aromatic rings. The normalized spacial score (nSPS) is 12.9. The van der Waals surface area contributed by atoms with E-state index in [1.807, 2.05) is 12.1 Å². The maximum atomic E-state index is 5.92. The molecule has 0 fully saturated rings. The Morgan fingerprint density at radius 3 is 2.42 bits per heavy atom. The first-order chi connectivity index (χ1) is 17.5. The molecule has 0 aliphatic carbocycles. The van der Waals surface area contributed by atoms with Gasteiger partial charge in [0.05, 0.1) is 12.6 Å². The van der Waals surface area contributed by atoms with Gasteiger partial charge in [-0.2, -0.15) is 0 Å². The molecule has 0 saturated heterocycles. The van der Waals surface area contributed by atoms with E-state index in [9.17, 15) is 0 Å². The minimum atomic E-state index is -0.0669. The third-order valence-corrected chi connectivity index (χ3v) is 6.99. The van der Waals surface area contributed by atoms with Gasteiger partial charge in [-0.25, -0.2) is 4.98 Å². The first-order valence-corrected chi connectivity index (χ1v) is 12.9. The fourth-order valence-electron chi connectivity index (χ4n) is 4.83. The quantitative estimate of drug-likeness (QED) is 0.211. The number of nitrogens with zero attached hydrogens (tertiary/aromatic N) is 2. The van der Waals surface area contributed by atoms with E-state index in [1.54, 1.807) is 7.11 Å². The van der Waals surface area contributed by atoms with Crippen molar-refractivity contribution in [1.82, 2.24) is 9.88 Å². The molecule has 0 radical (unpaired) electrons. The Kier molecular flexibility index (Phi) is 7.17. The number of aromatic nitrogens is 1. The minimum Gasteiger partial charge on any atom is -0.481 e. The summed E-state index contributed by atoms with van der Waals surface area (Å²) in [6.07, 6.45) is 2.35. The van der Waals surface area contributed by atoms with Gasteiger partial charge in [-0.15, -0.1) is 0 Å². The molecule has 0 aliphatic rings. The second-order valence-electron chi connectivity index (χ2n) is 9.22. The fourth-order valence-corrected chi connectivity index (χ4v) is 5.21. The van der Waals surface area contributed by atoms with Gasteiger partial charge < -0.3 is 9.64 Å². The Morgan fingerprint density at radius 2 is 1.64 bits per heavy atom. The van der Waals surface area contributed by atoms with Crippen molar-refractivity contribution in [2.45, 2.75) is 5.92 Å². The van der Waals surface area contributed by atoms with E-state index in [2.05, 4.69) is 126 Å². The average molecular weight is 538 g/mol. The van der Waals surface area contributed by atoms with E-state index < -0.39 is 0 Å². The summed E-state index contributed by atoms with van der Waals surface area (Å²) < 4.78 is 6.95. The van der Waals surface area contributed by atoms with E-state index in [-0.39, 0.29) is 5.92 Å². The van der Waals surface area contributed by atoms with Crippen molar-refractivity contribution < 1.29 is 4.74 Å². The maximum Gasteiger partial charge on any atom is 0.217 e. The molecule has 180 valence electrons. The lowest BCUT2D eigenvalue weighted by molar-refractivity contribution is 0.394. The zero-order valence-electron chi connectivity index (χ0n) is 20.8. The lowest BCUT2D eigenvalue weighted by atomic mass is 9.80. The Bertz CT molecular complexity index is 1540. The Labute approximate surface area is 221 Å². The highest BCUT2D eigenvalue weighted by Crippen LogP contribution is 2.44. The average Bonchev–Trinajstić information content (AvgIpc) is 2.90. The monoisotopic (exact) mass is 536 g/mol. The van der Waals surface area contributed by atoms with Crippen molar-refractivity contribution in [2.75, 3.05) is 27.7 Å². The van der Waals surface area contributed by atoms with Crippen LogP contribution < -0.4 is 4.74 Å². The molecule has 3 nitrogen and oxygen atoms in total. The molecule has 0 unspecified atom stereocenters. The lowest BCUT2D eigenvalue weighted by Gasteiger charge is -2.26. The molecule has 0 bridgehead atoms. The molecule has 0 aliphatic heterocycles. The number of likely N-dealkylation sites (N-methyl/N-ethyl adjacent to an activating group) is 1. The number of methoxy groups -OCH3 is 1. The molecule has 5 rings (SSSR count). The molecular formula is C32H29BrN2O. The first kappa shape index (κ1) is 24.2. The number of rotatable bonds is 7. The largest absolute Gasteiger partial charge is 0.481 e. The van der Waals surface area contributed by atoms with Crippen LogP contribution in [0.5, 0.6) is 5.88 Å². The summed E-state index contributed by atoms with van der Waals surface area (Å²) in [5.41, 5.74) is 5.62. The summed E-state index contributed by atoms with van der Waals surface area (Å²) >= 11 is 3.63. The summed E-state index contributed by atoms with van der Waals surface area (Å²) in [7, 11) is 5.91. The maximum absolute atomic E-state index is 5.92. The number of pyridine rings is 1. The molecule has 1 heterocycles. The number of halogens is 1. The number of ether oxygens (including phenoxy) is 1. The Balaban J connectivity index is 1.83. The zero-order valence-corrected chi connectivity index (χ0v) is 22.4. The SMILES string of the molecule is COc1nc2ccc(Br)cc2cc1[C@H](/C(=C/CN(C)C)c1cccc2ccccc12)c1ccccc1. The van der Waals surface area contributed by atoms with Gasteiger partial charge in [0.2, 0.25) is 5.88 Å². The van der Waals surface area contributed by atoms with E-state index in [1.165, 1.54) is 27.5 Å². The van der Waals surface area contributed by atoms with Crippen LogP contribution in [0.25, 0.3) is 27.2 Å². The van der Waals surface area contributed by atoms with Gasteiger partial charge in [0.15, 0.2) is 0 Å². The van der Waals surface area contributed by atoms with Crippen molar-refractivity contribution in [3.8, 4) is 5.88 Å². The Hall–Kier alpha value is -3.47. The topological polar surface area (TPSA) is 25.4 Å². The fraction of sp³-hybridized carbons (Fsp3) is 0.156. The summed E-state index contributed by atoms with van der Waals surface area (Å²) in [4.78, 5) is 7.13. The number of hydrogen-bond donors (Lipinski definition) is 0. The summed E-state index contributed by atoms with van der Waals surface area (Å²) in [5, 5.41) is 3.54. The van der Waals surface area contributed by atoms with E-state index in [0.29, 0.717) is 5.88 Å². The summed E-state index contributed by atoms with van der Waals surface area (Å²) in [6, 6.07) is 34.2. The molecule has 36 heavy (non-hydrogen) atoms. The van der Waals surface area contributed by atoms with Crippen LogP contribution in [0.2, 0.25) is 0 Å². The summed E-state index contributed by atoms with van der Waals surface area (Å²) in [5.74, 6) is 0.581. The molecule has 4 aromatic carbocycles. The van der Waals surface area contributed by atoms with Crippen molar-refractivity contribution in [2.24, 2.45) is 0 Å². The van der Waals surface area contributed by atoms with Crippen LogP contribution in [0.15, 0.2) is 108 Å².